The molecule has 112 valence electrons. The van der Waals surface area contributed by atoms with E-state index in [1.165, 1.54) is 19.3 Å². The fourth-order valence-electron chi connectivity index (χ4n) is 2.83. The number of halogens is 2. The molecule has 1 atom stereocenters. The van der Waals surface area contributed by atoms with Crippen LogP contribution in [0.4, 0.5) is 0 Å². The minimum atomic E-state index is 0.312. The summed E-state index contributed by atoms with van der Waals surface area (Å²) in [5.74, 6) is 0. The van der Waals surface area contributed by atoms with Crippen LogP contribution in [0.1, 0.15) is 44.2 Å². The van der Waals surface area contributed by atoms with Gasteiger partial charge in [0.2, 0.25) is 0 Å². The average molecular weight is 316 g/mol. The Labute approximate surface area is 131 Å². The van der Waals surface area contributed by atoms with Gasteiger partial charge in [0, 0.05) is 50.2 Å². The largest absolute Gasteiger partial charge is 0.314 e. The van der Waals surface area contributed by atoms with Gasteiger partial charge in [0.15, 0.2) is 0 Å². The van der Waals surface area contributed by atoms with Gasteiger partial charge in [-0.25, -0.2) is 0 Å². The van der Waals surface area contributed by atoms with E-state index < -0.39 is 0 Å². The lowest BCUT2D eigenvalue weighted by molar-refractivity contribution is 0.163. The van der Waals surface area contributed by atoms with Crippen LogP contribution in [0.25, 0.3) is 0 Å². The predicted octanol–water partition coefficient (Wildman–Crippen LogP) is 3.92. The van der Waals surface area contributed by atoms with Crippen molar-refractivity contribution in [1.29, 1.82) is 0 Å². The summed E-state index contributed by atoms with van der Waals surface area (Å²) in [5.41, 5.74) is 1.06. The molecule has 1 aliphatic rings. The van der Waals surface area contributed by atoms with Crippen molar-refractivity contribution in [3.8, 4) is 0 Å². The Morgan fingerprint density at radius 2 is 1.85 bits per heavy atom. The molecule has 0 bridgehead atoms. The van der Waals surface area contributed by atoms with Crippen LogP contribution in [0.3, 0.4) is 0 Å². The smallest absolute Gasteiger partial charge is 0.0652 e. The maximum absolute atomic E-state index is 6.37. The van der Waals surface area contributed by atoms with Gasteiger partial charge in [-0.1, -0.05) is 49.4 Å². The maximum Gasteiger partial charge on any atom is 0.0652 e. The van der Waals surface area contributed by atoms with Gasteiger partial charge in [-0.3, -0.25) is 9.88 Å². The first-order valence-corrected chi connectivity index (χ1v) is 8.23. The summed E-state index contributed by atoms with van der Waals surface area (Å²) in [6, 6.07) is 0.312. The molecule has 0 aliphatic carbocycles. The van der Waals surface area contributed by atoms with Crippen molar-refractivity contribution in [3.05, 3.63) is 28.0 Å². The molecule has 1 aliphatic heterocycles. The van der Waals surface area contributed by atoms with Crippen molar-refractivity contribution < 1.29 is 0 Å². The predicted molar refractivity (Wildman–Crippen MR) is 85.6 cm³/mol. The van der Waals surface area contributed by atoms with Gasteiger partial charge < -0.3 is 5.32 Å². The first kappa shape index (κ1) is 16.0. The highest BCUT2D eigenvalue weighted by Crippen LogP contribution is 2.36. The van der Waals surface area contributed by atoms with E-state index >= 15 is 0 Å². The van der Waals surface area contributed by atoms with E-state index in [-0.39, 0.29) is 0 Å². The Bertz CT molecular complexity index is 399. The summed E-state index contributed by atoms with van der Waals surface area (Å²) < 4.78 is 0. The van der Waals surface area contributed by atoms with Gasteiger partial charge in [0.25, 0.3) is 0 Å². The molecule has 1 fully saturated rings. The van der Waals surface area contributed by atoms with Crippen molar-refractivity contribution in [3.63, 3.8) is 0 Å². The lowest BCUT2D eigenvalue weighted by atomic mass is 9.99. The van der Waals surface area contributed by atoms with E-state index in [0.717, 1.165) is 38.2 Å². The Morgan fingerprint density at radius 3 is 2.45 bits per heavy atom. The fourth-order valence-corrected chi connectivity index (χ4v) is 3.45. The highest BCUT2D eigenvalue weighted by Gasteiger charge is 2.25. The molecule has 0 unspecified atom stereocenters. The molecule has 1 N–H and O–H groups in total. The Hall–Kier alpha value is -0.350. The summed E-state index contributed by atoms with van der Waals surface area (Å²) in [6.07, 6.45) is 8.21. The summed E-state index contributed by atoms with van der Waals surface area (Å²) in [5, 5.41) is 4.78. The lowest BCUT2D eigenvalue weighted by Crippen LogP contribution is -2.45. The number of piperazine rings is 1. The van der Waals surface area contributed by atoms with E-state index in [0.29, 0.717) is 16.1 Å². The van der Waals surface area contributed by atoms with Crippen LogP contribution in [-0.4, -0.2) is 36.1 Å². The van der Waals surface area contributed by atoms with Crippen LogP contribution in [-0.2, 0) is 0 Å². The molecule has 3 nitrogen and oxygen atoms in total. The lowest BCUT2D eigenvalue weighted by Gasteiger charge is -2.36. The molecule has 2 rings (SSSR count). The van der Waals surface area contributed by atoms with Crippen LogP contribution < -0.4 is 5.32 Å². The number of unbranched alkanes of at least 4 members (excludes halogenated alkanes) is 2. The minimum Gasteiger partial charge on any atom is -0.314 e. The van der Waals surface area contributed by atoms with E-state index in [9.17, 15) is 0 Å². The quantitative estimate of drug-likeness (QED) is 0.807. The van der Waals surface area contributed by atoms with Gasteiger partial charge in [0.05, 0.1) is 10.0 Å². The zero-order valence-corrected chi connectivity index (χ0v) is 13.6. The third kappa shape index (κ3) is 4.08. The van der Waals surface area contributed by atoms with Crippen molar-refractivity contribution >= 4 is 23.2 Å². The minimum absolute atomic E-state index is 0.312. The zero-order chi connectivity index (χ0) is 14.4. The van der Waals surface area contributed by atoms with Crippen molar-refractivity contribution in [2.24, 2.45) is 0 Å². The number of aromatic nitrogens is 1. The highest BCUT2D eigenvalue weighted by atomic mass is 35.5. The first-order chi connectivity index (χ1) is 9.74. The standard InChI is InChI=1S/C15H23Cl2N3/c1-2-3-4-5-14(20-8-6-18-7-9-20)15-12(16)10-19-11-13(15)17/h10-11,14,18H,2-9H2,1H3/t14-/m1/s1. The molecular formula is C15H23Cl2N3. The highest BCUT2D eigenvalue weighted by molar-refractivity contribution is 6.35. The van der Waals surface area contributed by atoms with Crippen molar-refractivity contribution in [2.45, 2.75) is 38.6 Å². The third-order valence-electron chi connectivity index (χ3n) is 3.90. The van der Waals surface area contributed by atoms with Gasteiger partial charge in [-0.05, 0) is 6.42 Å². The van der Waals surface area contributed by atoms with E-state index in [1.54, 1.807) is 12.4 Å². The first-order valence-electron chi connectivity index (χ1n) is 7.47. The van der Waals surface area contributed by atoms with Gasteiger partial charge in [-0.15, -0.1) is 0 Å². The molecule has 1 aromatic rings. The summed E-state index contributed by atoms with van der Waals surface area (Å²) in [6.45, 7) is 6.39. The molecule has 1 saturated heterocycles. The second-order valence-corrected chi connectivity index (χ2v) is 6.13. The van der Waals surface area contributed by atoms with E-state index in [2.05, 4.69) is 22.1 Å². The normalized spacial score (nSPS) is 18.1. The molecule has 0 aromatic carbocycles. The summed E-state index contributed by atoms with van der Waals surface area (Å²) >= 11 is 12.7. The Balaban J connectivity index is 2.20. The second-order valence-electron chi connectivity index (χ2n) is 5.31. The average Bonchev–Trinajstić information content (AvgIpc) is 2.46. The van der Waals surface area contributed by atoms with Crippen LogP contribution in [0.5, 0.6) is 0 Å². The fraction of sp³-hybridized carbons (Fsp3) is 0.667. The third-order valence-corrected chi connectivity index (χ3v) is 4.50. The molecular weight excluding hydrogens is 293 g/mol. The van der Waals surface area contributed by atoms with E-state index in [1.807, 2.05) is 0 Å². The number of hydrogen-bond donors (Lipinski definition) is 1. The number of hydrogen-bond acceptors (Lipinski definition) is 3. The van der Waals surface area contributed by atoms with E-state index in [4.69, 9.17) is 23.2 Å². The molecule has 1 aromatic heterocycles. The summed E-state index contributed by atoms with van der Waals surface area (Å²) in [7, 11) is 0. The van der Waals surface area contributed by atoms with Crippen LogP contribution in [0, 0.1) is 0 Å². The van der Waals surface area contributed by atoms with Gasteiger partial charge in [0.1, 0.15) is 0 Å². The number of nitrogens with zero attached hydrogens (tertiary/aromatic N) is 2. The van der Waals surface area contributed by atoms with Crippen molar-refractivity contribution in [1.82, 2.24) is 15.2 Å². The molecule has 0 radical (unpaired) electrons. The topological polar surface area (TPSA) is 28.2 Å². The zero-order valence-electron chi connectivity index (χ0n) is 12.0. The molecule has 2 heterocycles. The van der Waals surface area contributed by atoms with Crippen LogP contribution >= 0.6 is 23.2 Å². The monoisotopic (exact) mass is 315 g/mol. The molecule has 5 heteroatoms. The summed E-state index contributed by atoms with van der Waals surface area (Å²) in [4.78, 5) is 6.57. The van der Waals surface area contributed by atoms with Gasteiger partial charge in [-0.2, -0.15) is 0 Å². The van der Waals surface area contributed by atoms with Gasteiger partial charge >= 0.3 is 0 Å². The Kier molecular flexibility index (Phi) is 6.56. The number of rotatable bonds is 6. The number of nitrogens with one attached hydrogen (secondary N) is 1. The van der Waals surface area contributed by atoms with Crippen LogP contribution in [0.15, 0.2) is 12.4 Å². The number of pyridine rings is 1. The van der Waals surface area contributed by atoms with Crippen molar-refractivity contribution in [2.75, 3.05) is 26.2 Å². The Morgan fingerprint density at radius 1 is 1.20 bits per heavy atom. The molecule has 0 saturated carbocycles. The second kappa shape index (κ2) is 8.18. The molecule has 20 heavy (non-hydrogen) atoms. The van der Waals surface area contributed by atoms with Crippen LogP contribution in [0.2, 0.25) is 10.0 Å². The SMILES string of the molecule is CCCCC[C@H](c1c(Cl)cncc1Cl)N1CCNCC1. The maximum atomic E-state index is 6.37. The molecule has 0 amide bonds. The molecule has 0 spiro atoms.